The molecule has 0 unspecified atom stereocenters. The normalized spacial score (nSPS) is 16.8. The zero-order valence-corrected chi connectivity index (χ0v) is 17.5. The second-order valence-corrected chi connectivity index (χ2v) is 8.47. The summed E-state index contributed by atoms with van der Waals surface area (Å²) in [4.78, 5) is 2.25. The van der Waals surface area contributed by atoms with Gasteiger partial charge in [-0.3, -0.25) is 4.57 Å². The Hall–Kier alpha value is -2.32. The minimum absolute atomic E-state index is 0.716. The monoisotopic (exact) mass is 411 g/mol. The van der Waals surface area contributed by atoms with Crippen LogP contribution in [0.3, 0.4) is 0 Å². The number of hydrogen-bond acceptors (Lipinski definition) is 7. The number of aryl methyl sites for hydroxylation is 2. The molecule has 3 heterocycles. The van der Waals surface area contributed by atoms with Crippen LogP contribution < -0.4 is 4.90 Å². The predicted octanol–water partition coefficient (Wildman–Crippen LogP) is 3.57. The van der Waals surface area contributed by atoms with Crippen molar-refractivity contribution in [2.75, 3.05) is 31.2 Å². The minimum atomic E-state index is 0.716. The Morgan fingerprint density at radius 1 is 1.07 bits per heavy atom. The Morgan fingerprint density at radius 3 is 2.76 bits per heavy atom. The van der Waals surface area contributed by atoms with E-state index >= 15 is 0 Å². The first-order valence-corrected chi connectivity index (χ1v) is 11.2. The first-order valence-electron chi connectivity index (χ1n) is 10.2. The number of para-hydroxylation sites is 1. The average Bonchev–Trinajstić information content (AvgIpc) is 3.37. The molecule has 0 radical (unpaired) electrons. The van der Waals surface area contributed by atoms with E-state index in [1.54, 1.807) is 11.8 Å². The fourth-order valence-corrected chi connectivity index (χ4v) is 4.94. The van der Waals surface area contributed by atoms with Gasteiger partial charge in [-0.05, 0) is 37.8 Å². The van der Waals surface area contributed by atoms with E-state index in [4.69, 9.17) is 9.26 Å². The van der Waals surface area contributed by atoms with Crippen LogP contribution >= 0.6 is 11.8 Å². The molecular weight excluding hydrogens is 386 g/mol. The Labute approximate surface area is 174 Å². The summed E-state index contributed by atoms with van der Waals surface area (Å²) in [6, 6.07) is 8.38. The maximum absolute atomic E-state index is 5.58. The maximum Gasteiger partial charge on any atom is 0.232 e. The highest BCUT2D eigenvalue weighted by Gasteiger charge is 2.24. The number of ether oxygens (including phenoxy) is 1. The second-order valence-electron chi connectivity index (χ2n) is 7.53. The number of fused-ring (bicyclic) bond motifs is 1. The van der Waals surface area contributed by atoms with Gasteiger partial charge in [0.1, 0.15) is 5.76 Å². The van der Waals surface area contributed by atoms with Gasteiger partial charge in [0.25, 0.3) is 0 Å². The van der Waals surface area contributed by atoms with E-state index in [9.17, 15) is 0 Å². The van der Waals surface area contributed by atoms with Crippen molar-refractivity contribution in [1.29, 1.82) is 0 Å². The van der Waals surface area contributed by atoms with E-state index in [1.165, 1.54) is 24.0 Å². The van der Waals surface area contributed by atoms with E-state index < -0.39 is 0 Å². The zero-order chi connectivity index (χ0) is 19.6. The van der Waals surface area contributed by atoms with Crippen molar-refractivity contribution in [2.24, 2.45) is 0 Å². The van der Waals surface area contributed by atoms with Crippen LogP contribution in [0.15, 0.2) is 33.9 Å². The van der Waals surface area contributed by atoms with E-state index in [0.29, 0.717) is 13.2 Å². The molecule has 0 N–H and O–H groups in total. The summed E-state index contributed by atoms with van der Waals surface area (Å²) in [7, 11) is 0. The van der Waals surface area contributed by atoms with Gasteiger partial charge in [0, 0.05) is 30.8 Å². The van der Waals surface area contributed by atoms with Crippen LogP contribution in [0, 0.1) is 6.92 Å². The highest BCUT2D eigenvalue weighted by atomic mass is 32.2. The lowest BCUT2D eigenvalue weighted by molar-refractivity contribution is 0.122. The molecule has 8 heteroatoms. The van der Waals surface area contributed by atoms with Crippen molar-refractivity contribution < 1.29 is 9.26 Å². The molecule has 2 aromatic heterocycles. The number of thioether (sulfide) groups is 1. The number of hydrogen-bond donors (Lipinski definition) is 0. The van der Waals surface area contributed by atoms with Gasteiger partial charge in [0.05, 0.1) is 24.6 Å². The molecule has 0 saturated carbocycles. The Kier molecular flexibility index (Phi) is 5.28. The number of morpholine rings is 1. The third-order valence-corrected chi connectivity index (χ3v) is 6.58. The topological polar surface area (TPSA) is 69.2 Å². The summed E-state index contributed by atoms with van der Waals surface area (Å²) >= 11 is 1.67. The Bertz CT molecular complexity index is 993. The lowest BCUT2D eigenvalue weighted by Gasteiger charge is -2.28. The van der Waals surface area contributed by atoms with Crippen molar-refractivity contribution in [3.05, 3.63) is 46.8 Å². The Morgan fingerprint density at radius 2 is 1.90 bits per heavy atom. The first kappa shape index (κ1) is 18.7. The summed E-state index contributed by atoms with van der Waals surface area (Å²) in [6.07, 6.45) is 4.48. The summed E-state index contributed by atoms with van der Waals surface area (Å²) in [5.41, 5.74) is 4.67. The van der Waals surface area contributed by atoms with E-state index in [1.807, 2.05) is 0 Å². The maximum atomic E-state index is 5.58. The van der Waals surface area contributed by atoms with Crippen molar-refractivity contribution in [3.63, 3.8) is 0 Å². The van der Waals surface area contributed by atoms with Gasteiger partial charge >= 0.3 is 0 Å². The minimum Gasteiger partial charge on any atom is -0.378 e. The van der Waals surface area contributed by atoms with Crippen molar-refractivity contribution in [3.8, 4) is 5.69 Å². The average molecular weight is 412 g/mol. The van der Waals surface area contributed by atoms with Crippen LogP contribution in [0.5, 0.6) is 0 Å². The van der Waals surface area contributed by atoms with Gasteiger partial charge in [0.15, 0.2) is 5.16 Å². The number of rotatable bonds is 5. The highest BCUT2D eigenvalue weighted by Crippen LogP contribution is 2.32. The van der Waals surface area contributed by atoms with Gasteiger partial charge in [-0.15, -0.1) is 10.2 Å². The molecule has 29 heavy (non-hydrogen) atoms. The van der Waals surface area contributed by atoms with Crippen molar-refractivity contribution >= 4 is 17.7 Å². The fraction of sp³-hybridized carbons (Fsp3) is 0.476. The second kappa shape index (κ2) is 8.20. The molecular formula is C21H25N5O2S. The van der Waals surface area contributed by atoms with Crippen LogP contribution in [0.25, 0.3) is 5.69 Å². The van der Waals surface area contributed by atoms with E-state index in [2.05, 4.69) is 56.0 Å². The smallest absolute Gasteiger partial charge is 0.232 e. The molecule has 1 aromatic carbocycles. The largest absolute Gasteiger partial charge is 0.378 e. The summed E-state index contributed by atoms with van der Waals surface area (Å²) in [5.74, 6) is 2.69. The molecule has 152 valence electrons. The summed E-state index contributed by atoms with van der Waals surface area (Å²) in [6.45, 7) is 5.21. The molecule has 0 amide bonds. The molecule has 3 aromatic rings. The van der Waals surface area contributed by atoms with Gasteiger partial charge in [-0.25, -0.2) is 0 Å². The van der Waals surface area contributed by atoms with E-state index in [0.717, 1.165) is 59.9 Å². The molecule has 1 aliphatic carbocycles. The van der Waals surface area contributed by atoms with Gasteiger partial charge < -0.3 is 14.2 Å². The fourth-order valence-electron chi connectivity index (χ4n) is 4.04. The molecule has 1 saturated heterocycles. The highest BCUT2D eigenvalue weighted by molar-refractivity contribution is 7.98. The van der Waals surface area contributed by atoms with E-state index in [-0.39, 0.29) is 0 Å². The van der Waals surface area contributed by atoms with Gasteiger partial charge in [-0.1, -0.05) is 35.1 Å². The van der Waals surface area contributed by atoms with Gasteiger partial charge in [-0.2, -0.15) is 0 Å². The SMILES string of the molecule is Cc1ccccc1-n1c(SCc2noc3c2CCCC3)nnc1N1CCOCC1. The molecule has 5 rings (SSSR count). The number of nitrogens with zero attached hydrogens (tertiary/aromatic N) is 5. The van der Waals surface area contributed by atoms with Crippen LogP contribution in [0.1, 0.15) is 35.4 Å². The van der Waals surface area contributed by atoms with Crippen LogP contribution in [-0.4, -0.2) is 46.2 Å². The standard InChI is InChI=1S/C21H25N5O2S/c1-15-6-2-4-8-18(15)26-20(25-10-12-27-13-11-25)22-23-21(26)29-14-17-16-7-3-5-9-19(16)28-24-17/h2,4,6,8H,3,5,7,9-14H2,1H3. The molecule has 1 aliphatic heterocycles. The number of aromatic nitrogens is 4. The van der Waals surface area contributed by atoms with Crippen LogP contribution in [0.4, 0.5) is 5.95 Å². The molecule has 2 aliphatic rings. The number of anilines is 1. The third-order valence-electron chi connectivity index (χ3n) is 5.64. The van der Waals surface area contributed by atoms with Gasteiger partial charge in [0.2, 0.25) is 5.95 Å². The molecule has 0 bridgehead atoms. The lowest BCUT2D eigenvalue weighted by atomic mass is 9.97. The van der Waals surface area contributed by atoms with Crippen molar-refractivity contribution in [1.82, 2.24) is 19.9 Å². The van der Waals surface area contributed by atoms with Crippen LogP contribution in [0.2, 0.25) is 0 Å². The molecule has 0 spiro atoms. The number of benzene rings is 1. The zero-order valence-electron chi connectivity index (χ0n) is 16.6. The van der Waals surface area contributed by atoms with Crippen molar-refractivity contribution in [2.45, 2.75) is 43.5 Å². The molecule has 0 atom stereocenters. The predicted molar refractivity (Wildman–Crippen MR) is 112 cm³/mol. The summed E-state index contributed by atoms with van der Waals surface area (Å²) < 4.78 is 13.3. The molecule has 7 nitrogen and oxygen atoms in total. The first-order chi connectivity index (χ1) is 14.3. The molecule has 1 fully saturated rings. The van der Waals surface area contributed by atoms with Crippen LogP contribution in [-0.2, 0) is 23.3 Å². The third kappa shape index (κ3) is 3.67. The Balaban J connectivity index is 1.47. The lowest BCUT2D eigenvalue weighted by Crippen LogP contribution is -2.38. The summed E-state index contributed by atoms with van der Waals surface area (Å²) in [5, 5.41) is 14.4. The quantitative estimate of drug-likeness (QED) is 0.595.